The lowest BCUT2D eigenvalue weighted by Gasteiger charge is -2.33. The molecular formula is C25H28ClN5O3. The zero-order valence-electron chi connectivity index (χ0n) is 19.1. The third kappa shape index (κ3) is 4.65. The van der Waals surface area contributed by atoms with E-state index >= 15 is 0 Å². The lowest BCUT2D eigenvalue weighted by Crippen LogP contribution is -2.38. The highest BCUT2D eigenvalue weighted by Gasteiger charge is 2.32. The number of pyridine rings is 2. The molecule has 1 saturated heterocycles. The molecule has 178 valence electrons. The molecule has 3 aromatic rings. The maximum atomic E-state index is 13.3. The molecule has 1 aliphatic heterocycles. The maximum Gasteiger partial charge on any atom is 0.294 e. The number of nitrogens with zero attached hydrogens (tertiary/aromatic N) is 3. The van der Waals surface area contributed by atoms with Gasteiger partial charge in [0.1, 0.15) is 17.1 Å². The van der Waals surface area contributed by atoms with Crippen LogP contribution >= 0.6 is 11.6 Å². The van der Waals surface area contributed by atoms with Gasteiger partial charge in [-0.15, -0.1) is 0 Å². The van der Waals surface area contributed by atoms with Crippen molar-refractivity contribution in [3.8, 4) is 0 Å². The van der Waals surface area contributed by atoms with Gasteiger partial charge in [-0.1, -0.05) is 11.6 Å². The van der Waals surface area contributed by atoms with E-state index in [1.54, 1.807) is 24.4 Å². The Morgan fingerprint density at radius 3 is 2.53 bits per heavy atom. The Kier molecular flexibility index (Phi) is 6.52. The number of furan rings is 1. The Labute approximate surface area is 203 Å². The molecule has 0 radical (unpaired) electrons. The number of likely N-dealkylation sites (tertiary alicyclic amines) is 1. The standard InChI is InChI=1S/C25H28ClN5O3/c1-15-21-19(10-11-27-15)34-23(25(33)29-20-9-6-17(26)14-28-20)22(21)30-24(32)16-4-7-18(8-5-16)31-12-2-3-13-31/h6,9-11,14,16,18H,2-5,7-8,12-13H2,1H3,(H,30,32)(H,28,29,33). The molecule has 2 amide bonds. The monoisotopic (exact) mass is 481 g/mol. The van der Waals surface area contributed by atoms with Crippen LogP contribution < -0.4 is 10.6 Å². The van der Waals surface area contributed by atoms with Crippen LogP contribution in [0.5, 0.6) is 0 Å². The quantitative estimate of drug-likeness (QED) is 0.530. The van der Waals surface area contributed by atoms with E-state index in [4.69, 9.17) is 16.0 Å². The summed E-state index contributed by atoms with van der Waals surface area (Å²) in [4.78, 5) is 37.4. The summed E-state index contributed by atoms with van der Waals surface area (Å²) in [6.07, 6.45) is 9.36. The van der Waals surface area contributed by atoms with Crippen molar-refractivity contribution in [1.82, 2.24) is 14.9 Å². The van der Waals surface area contributed by atoms with Crippen LogP contribution in [0.4, 0.5) is 11.5 Å². The minimum Gasteiger partial charge on any atom is -0.448 e. The highest BCUT2D eigenvalue weighted by Crippen LogP contribution is 2.35. The highest BCUT2D eigenvalue weighted by molar-refractivity contribution is 6.30. The molecule has 0 atom stereocenters. The normalized spacial score (nSPS) is 21.0. The van der Waals surface area contributed by atoms with Crippen LogP contribution in [0.2, 0.25) is 5.02 Å². The molecule has 2 N–H and O–H groups in total. The second kappa shape index (κ2) is 9.72. The van der Waals surface area contributed by atoms with Crippen molar-refractivity contribution in [2.45, 2.75) is 51.5 Å². The third-order valence-electron chi connectivity index (χ3n) is 6.94. The second-order valence-corrected chi connectivity index (χ2v) is 9.57. The first-order valence-electron chi connectivity index (χ1n) is 11.9. The van der Waals surface area contributed by atoms with Gasteiger partial charge < -0.3 is 20.0 Å². The van der Waals surface area contributed by atoms with E-state index in [0.717, 1.165) is 25.7 Å². The average Bonchev–Trinajstić information content (AvgIpc) is 3.50. The molecule has 34 heavy (non-hydrogen) atoms. The molecule has 8 nitrogen and oxygen atoms in total. The fourth-order valence-electron chi connectivity index (χ4n) is 5.14. The van der Waals surface area contributed by atoms with Crippen molar-refractivity contribution in [2.75, 3.05) is 23.7 Å². The zero-order chi connectivity index (χ0) is 23.7. The number of anilines is 2. The van der Waals surface area contributed by atoms with Gasteiger partial charge in [-0.3, -0.25) is 14.6 Å². The summed E-state index contributed by atoms with van der Waals surface area (Å²) < 4.78 is 5.88. The molecule has 1 saturated carbocycles. The number of nitrogens with one attached hydrogen (secondary N) is 2. The number of aromatic nitrogens is 2. The van der Waals surface area contributed by atoms with Gasteiger partial charge in [-0.25, -0.2) is 4.98 Å². The van der Waals surface area contributed by atoms with Crippen LogP contribution in [0.15, 0.2) is 35.0 Å². The highest BCUT2D eigenvalue weighted by atomic mass is 35.5. The average molecular weight is 482 g/mol. The van der Waals surface area contributed by atoms with E-state index in [-0.39, 0.29) is 17.6 Å². The SMILES string of the molecule is Cc1nccc2oc(C(=O)Nc3ccc(Cl)cn3)c(NC(=O)C3CCC(N4CCCC4)CC3)c12. The maximum absolute atomic E-state index is 13.3. The lowest BCUT2D eigenvalue weighted by molar-refractivity contribution is -0.121. The molecule has 4 heterocycles. The van der Waals surface area contributed by atoms with E-state index in [1.807, 2.05) is 6.92 Å². The van der Waals surface area contributed by atoms with Crippen LogP contribution in [0, 0.1) is 12.8 Å². The van der Waals surface area contributed by atoms with Crippen molar-refractivity contribution in [3.63, 3.8) is 0 Å². The molecular weight excluding hydrogens is 454 g/mol. The molecule has 0 bridgehead atoms. The van der Waals surface area contributed by atoms with E-state index in [1.165, 1.54) is 32.1 Å². The molecule has 0 aromatic carbocycles. The Hall–Kier alpha value is -2.97. The number of carbonyl (C=O) groups is 2. The summed E-state index contributed by atoms with van der Waals surface area (Å²) in [6.45, 7) is 4.18. The summed E-state index contributed by atoms with van der Waals surface area (Å²) in [6, 6.07) is 5.52. The molecule has 2 aliphatic rings. The van der Waals surface area contributed by atoms with Crippen LogP contribution in [0.1, 0.15) is 54.8 Å². The van der Waals surface area contributed by atoms with Gasteiger partial charge in [0.2, 0.25) is 11.7 Å². The summed E-state index contributed by atoms with van der Waals surface area (Å²) >= 11 is 5.89. The fraction of sp³-hybridized carbons (Fsp3) is 0.440. The van der Waals surface area contributed by atoms with E-state index in [0.29, 0.717) is 39.2 Å². The first-order valence-corrected chi connectivity index (χ1v) is 12.2. The number of carbonyl (C=O) groups excluding carboxylic acids is 2. The number of fused-ring (bicyclic) bond motifs is 1. The molecule has 0 spiro atoms. The van der Waals surface area contributed by atoms with E-state index < -0.39 is 5.91 Å². The first-order chi connectivity index (χ1) is 16.5. The van der Waals surface area contributed by atoms with Gasteiger partial charge in [0.15, 0.2) is 0 Å². The van der Waals surface area contributed by atoms with Crippen LogP contribution in [0.3, 0.4) is 0 Å². The molecule has 9 heteroatoms. The van der Waals surface area contributed by atoms with E-state index in [9.17, 15) is 9.59 Å². The number of hydrogen-bond donors (Lipinski definition) is 2. The summed E-state index contributed by atoms with van der Waals surface area (Å²) in [5.41, 5.74) is 1.53. The predicted octanol–water partition coefficient (Wildman–Crippen LogP) is 5.03. The van der Waals surface area contributed by atoms with E-state index in [2.05, 4.69) is 25.5 Å². The topological polar surface area (TPSA) is 100 Å². The molecule has 2 fully saturated rings. The summed E-state index contributed by atoms with van der Waals surface area (Å²) in [5, 5.41) is 6.84. The van der Waals surface area contributed by atoms with Crippen molar-refractivity contribution in [2.24, 2.45) is 5.92 Å². The number of aryl methyl sites for hydroxylation is 1. The Bertz CT molecular complexity index is 1200. The second-order valence-electron chi connectivity index (χ2n) is 9.13. The van der Waals surface area contributed by atoms with Crippen molar-refractivity contribution in [1.29, 1.82) is 0 Å². The number of halogens is 1. The number of hydrogen-bond acceptors (Lipinski definition) is 6. The Morgan fingerprint density at radius 1 is 1.06 bits per heavy atom. The van der Waals surface area contributed by atoms with Crippen LogP contribution in [0.25, 0.3) is 11.0 Å². The Morgan fingerprint density at radius 2 is 1.82 bits per heavy atom. The summed E-state index contributed by atoms with van der Waals surface area (Å²) in [5.74, 6) is -0.304. The van der Waals surface area contributed by atoms with Gasteiger partial charge in [0, 0.05) is 24.4 Å². The molecule has 0 unspecified atom stereocenters. The van der Waals surface area contributed by atoms with Gasteiger partial charge in [-0.2, -0.15) is 0 Å². The minimum absolute atomic E-state index is 0.0296. The Balaban J connectivity index is 1.36. The fourth-order valence-corrected chi connectivity index (χ4v) is 5.26. The zero-order valence-corrected chi connectivity index (χ0v) is 19.9. The third-order valence-corrected chi connectivity index (χ3v) is 7.16. The molecule has 1 aliphatic carbocycles. The minimum atomic E-state index is -0.501. The summed E-state index contributed by atoms with van der Waals surface area (Å²) in [7, 11) is 0. The number of rotatable bonds is 5. The lowest BCUT2D eigenvalue weighted by atomic mass is 9.84. The van der Waals surface area contributed by atoms with Gasteiger partial charge in [0.05, 0.1) is 16.1 Å². The van der Waals surface area contributed by atoms with Gasteiger partial charge in [0.25, 0.3) is 5.91 Å². The number of amides is 2. The van der Waals surface area contributed by atoms with Crippen molar-refractivity contribution in [3.05, 3.63) is 47.1 Å². The largest absolute Gasteiger partial charge is 0.448 e. The smallest absolute Gasteiger partial charge is 0.294 e. The van der Waals surface area contributed by atoms with Gasteiger partial charge >= 0.3 is 0 Å². The van der Waals surface area contributed by atoms with Crippen molar-refractivity contribution >= 4 is 45.9 Å². The van der Waals surface area contributed by atoms with Crippen molar-refractivity contribution < 1.29 is 14.0 Å². The van der Waals surface area contributed by atoms with Gasteiger partial charge in [-0.05, 0) is 76.7 Å². The van der Waals surface area contributed by atoms with Crippen LogP contribution in [-0.2, 0) is 4.79 Å². The molecule has 3 aromatic heterocycles. The first kappa shape index (κ1) is 22.8. The molecule has 5 rings (SSSR count). The predicted molar refractivity (Wildman–Crippen MR) is 131 cm³/mol. The van der Waals surface area contributed by atoms with Crippen LogP contribution in [-0.4, -0.2) is 45.8 Å².